The van der Waals surface area contributed by atoms with E-state index in [0.717, 1.165) is 24.0 Å². The van der Waals surface area contributed by atoms with Crippen molar-refractivity contribution >= 4 is 0 Å². The Labute approximate surface area is 188 Å². The molecule has 4 heteroatoms. The molecule has 0 saturated heterocycles. The van der Waals surface area contributed by atoms with Gasteiger partial charge in [-0.15, -0.1) is 0 Å². The first-order valence-corrected chi connectivity index (χ1v) is 12.3. The van der Waals surface area contributed by atoms with Crippen molar-refractivity contribution in [2.24, 2.45) is 23.2 Å². The molecule has 0 amide bonds. The molecule has 4 N–H and O–H groups in total. The van der Waals surface area contributed by atoms with E-state index < -0.39 is 23.9 Å². The number of allylic oxidation sites excluding steroid dienone is 3. The lowest BCUT2D eigenvalue weighted by atomic mass is 9.60. The maximum Gasteiger partial charge on any atom is 0.0849 e. The van der Waals surface area contributed by atoms with Crippen molar-refractivity contribution < 1.29 is 20.4 Å². The summed E-state index contributed by atoms with van der Waals surface area (Å²) in [6.07, 6.45) is 11.1. The van der Waals surface area contributed by atoms with E-state index in [1.54, 1.807) is 13.8 Å². The normalized spacial score (nSPS) is 39.0. The molecule has 0 aromatic carbocycles. The number of hydrogen-bond acceptors (Lipinski definition) is 4. The van der Waals surface area contributed by atoms with Crippen molar-refractivity contribution in [3.8, 4) is 0 Å². The van der Waals surface area contributed by atoms with E-state index >= 15 is 0 Å². The highest BCUT2D eigenvalue weighted by molar-refractivity contribution is 5.38. The van der Waals surface area contributed by atoms with Crippen LogP contribution in [0.5, 0.6) is 0 Å². The zero-order valence-electron chi connectivity index (χ0n) is 20.0. The van der Waals surface area contributed by atoms with E-state index in [-0.39, 0.29) is 5.41 Å². The van der Waals surface area contributed by atoms with E-state index in [0.29, 0.717) is 37.0 Å². The number of aliphatic hydroxyl groups is 4. The predicted octanol–water partition coefficient (Wildman–Crippen LogP) is 4.68. The molecule has 3 aliphatic rings. The summed E-state index contributed by atoms with van der Waals surface area (Å²) in [6.45, 7) is 12.2. The van der Waals surface area contributed by atoms with Gasteiger partial charge in [0, 0.05) is 6.42 Å². The van der Waals surface area contributed by atoms with Crippen LogP contribution in [0.3, 0.4) is 0 Å². The Hall–Kier alpha value is -0.940. The molecule has 0 heterocycles. The number of rotatable bonds is 6. The molecule has 4 nitrogen and oxygen atoms in total. The molecule has 31 heavy (non-hydrogen) atoms. The van der Waals surface area contributed by atoms with Crippen LogP contribution in [0.2, 0.25) is 0 Å². The zero-order valence-corrected chi connectivity index (χ0v) is 20.0. The summed E-state index contributed by atoms with van der Waals surface area (Å²) in [5.41, 5.74) is 2.48. The summed E-state index contributed by atoms with van der Waals surface area (Å²) in [5, 5.41) is 40.5. The smallest absolute Gasteiger partial charge is 0.0849 e. The van der Waals surface area contributed by atoms with E-state index in [1.807, 2.05) is 0 Å². The molecule has 3 fully saturated rings. The van der Waals surface area contributed by atoms with Gasteiger partial charge >= 0.3 is 0 Å². The summed E-state index contributed by atoms with van der Waals surface area (Å²) in [7, 11) is 0. The molecule has 3 rings (SSSR count). The minimum Gasteiger partial charge on any atom is -0.393 e. The van der Waals surface area contributed by atoms with Gasteiger partial charge in [-0.1, -0.05) is 38.2 Å². The van der Waals surface area contributed by atoms with Crippen LogP contribution in [0, 0.1) is 23.2 Å². The van der Waals surface area contributed by atoms with Gasteiger partial charge in [0.2, 0.25) is 0 Å². The SMILES string of the molecule is C=C1/C(=C\C=C2\CCC[C@@]3(C)[C@@H]2CC[C@@H]3[C@H](C)CC[C@H](O)C(C)(C)O)C[C@@H](O)C[C@@H]1O. The van der Waals surface area contributed by atoms with Crippen LogP contribution in [-0.4, -0.2) is 44.3 Å². The Morgan fingerprint density at radius 2 is 1.90 bits per heavy atom. The standard InChI is InChI=1S/C27H44O4/c1-17(8-13-25(30)26(3,4)31)22-11-12-23-19(7-6-14-27(22,23)5)9-10-20-15-21(28)16-24(29)18(20)2/h9-10,17,21-25,28-31H,2,6-8,11-16H2,1,3-5H3/b19-9-,20-10-/t17-,21-,22-,23-,24+,25+,27-/m1/s1. The van der Waals surface area contributed by atoms with Crippen LogP contribution < -0.4 is 0 Å². The van der Waals surface area contributed by atoms with Gasteiger partial charge in [-0.05, 0) is 99.5 Å². The van der Waals surface area contributed by atoms with Gasteiger partial charge in [-0.2, -0.15) is 0 Å². The maximum absolute atomic E-state index is 10.3. The van der Waals surface area contributed by atoms with Gasteiger partial charge in [-0.25, -0.2) is 0 Å². The summed E-state index contributed by atoms with van der Waals surface area (Å²) in [4.78, 5) is 0. The fourth-order valence-electron chi connectivity index (χ4n) is 6.65. The molecule has 0 aromatic rings. The molecule has 0 radical (unpaired) electrons. The third-order valence-corrected chi connectivity index (χ3v) is 8.70. The molecule has 0 aromatic heterocycles. The lowest BCUT2D eigenvalue weighted by Gasteiger charge is -2.44. The van der Waals surface area contributed by atoms with Crippen molar-refractivity contribution in [1.29, 1.82) is 0 Å². The third-order valence-electron chi connectivity index (χ3n) is 8.70. The minimum absolute atomic E-state index is 0.282. The van der Waals surface area contributed by atoms with Gasteiger partial charge in [0.05, 0.1) is 23.9 Å². The van der Waals surface area contributed by atoms with Gasteiger partial charge < -0.3 is 20.4 Å². The van der Waals surface area contributed by atoms with E-state index in [4.69, 9.17) is 0 Å². The van der Waals surface area contributed by atoms with Crippen LogP contribution in [0.4, 0.5) is 0 Å². The average Bonchev–Trinajstić information content (AvgIpc) is 3.04. The lowest BCUT2D eigenvalue weighted by molar-refractivity contribution is -0.0554. The molecule has 3 saturated carbocycles. The van der Waals surface area contributed by atoms with E-state index in [2.05, 4.69) is 32.6 Å². The maximum atomic E-state index is 10.3. The minimum atomic E-state index is -1.04. The quantitative estimate of drug-likeness (QED) is 0.491. The second-order valence-electron chi connectivity index (χ2n) is 11.4. The number of aliphatic hydroxyl groups excluding tert-OH is 3. The lowest BCUT2D eigenvalue weighted by Crippen LogP contribution is -2.38. The van der Waals surface area contributed by atoms with Crippen molar-refractivity contribution in [2.75, 3.05) is 0 Å². The largest absolute Gasteiger partial charge is 0.393 e. The first kappa shape index (κ1) is 24.7. The molecular formula is C27H44O4. The summed E-state index contributed by atoms with van der Waals surface area (Å²) < 4.78 is 0. The molecule has 0 spiro atoms. The Kier molecular flexibility index (Phi) is 7.57. The third kappa shape index (κ3) is 5.35. The first-order chi connectivity index (χ1) is 14.4. The molecule has 3 aliphatic carbocycles. The van der Waals surface area contributed by atoms with Crippen molar-refractivity contribution in [1.82, 2.24) is 0 Å². The van der Waals surface area contributed by atoms with Crippen LogP contribution >= 0.6 is 0 Å². The molecule has 0 unspecified atom stereocenters. The highest BCUT2D eigenvalue weighted by Gasteiger charge is 2.50. The van der Waals surface area contributed by atoms with Crippen molar-refractivity contribution in [2.45, 2.75) is 109 Å². The highest BCUT2D eigenvalue weighted by Crippen LogP contribution is 2.60. The molecule has 0 aliphatic heterocycles. The predicted molar refractivity (Wildman–Crippen MR) is 125 cm³/mol. The summed E-state index contributed by atoms with van der Waals surface area (Å²) in [5.74, 6) is 1.74. The second kappa shape index (κ2) is 9.51. The molecule has 7 atom stereocenters. The topological polar surface area (TPSA) is 80.9 Å². The summed E-state index contributed by atoms with van der Waals surface area (Å²) in [6, 6.07) is 0. The van der Waals surface area contributed by atoms with Crippen molar-refractivity contribution in [3.63, 3.8) is 0 Å². The highest BCUT2D eigenvalue weighted by atomic mass is 16.3. The zero-order chi connectivity index (χ0) is 23.0. The molecular weight excluding hydrogens is 388 g/mol. The number of hydrogen-bond donors (Lipinski definition) is 4. The Bertz CT molecular complexity index is 715. The van der Waals surface area contributed by atoms with Gasteiger partial charge in [0.25, 0.3) is 0 Å². The monoisotopic (exact) mass is 432 g/mol. The van der Waals surface area contributed by atoms with Gasteiger partial charge in [-0.3, -0.25) is 0 Å². The Balaban J connectivity index is 1.71. The Morgan fingerprint density at radius 3 is 2.58 bits per heavy atom. The fourth-order valence-corrected chi connectivity index (χ4v) is 6.65. The molecule has 0 bridgehead atoms. The number of fused-ring (bicyclic) bond motifs is 1. The van der Waals surface area contributed by atoms with Gasteiger partial charge in [0.1, 0.15) is 0 Å². The van der Waals surface area contributed by atoms with E-state index in [1.165, 1.54) is 31.3 Å². The van der Waals surface area contributed by atoms with Crippen LogP contribution in [-0.2, 0) is 0 Å². The van der Waals surface area contributed by atoms with Crippen molar-refractivity contribution in [3.05, 3.63) is 35.5 Å². The summed E-state index contributed by atoms with van der Waals surface area (Å²) >= 11 is 0. The van der Waals surface area contributed by atoms with Crippen LogP contribution in [0.15, 0.2) is 35.5 Å². The van der Waals surface area contributed by atoms with Gasteiger partial charge in [0.15, 0.2) is 0 Å². The molecule has 176 valence electrons. The fraction of sp³-hybridized carbons (Fsp3) is 0.778. The van der Waals surface area contributed by atoms with Crippen LogP contribution in [0.1, 0.15) is 85.5 Å². The second-order valence-corrected chi connectivity index (χ2v) is 11.4. The Morgan fingerprint density at radius 1 is 1.19 bits per heavy atom. The van der Waals surface area contributed by atoms with E-state index in [9.17, 15) is 20.4 Å². The van der Waals surface area contributed by atoms with Crippen LogP contribution in [0.25, 0.3) is 0 Å². The average molecular weight is 433 g/mol. The first-order valence-electron chi connectivity index (χ1n) is 12.3.